The summed E-state index contributed by atoms with van der Waals surface area (Å²) in [5, 5.41) is 18.4. The van der Waals surface area contributed by atoms with Gasteiger partial charge in [-0.3, -0.25) is 4.79 Å². The van der Waals surface area contributed by atoms with E-state index in [4.69, 9.17) is 4.74 Å². The van der Waals surface area contributed by atoms with Crippen molar-refractivity contribution in [1.82, 2.24) is 19.8 Å². The molecule has 1 aromatic rings. The number of amides is 1. The Morgan fingerprint density at radius 1 is 1.32 bits per heavy atom. The molecule has 1 aromatic heterocycles. The smallest absolute Gasteiger partial charge is 0.258 e. The number of rotatable bonds is 9. The van der Waals surface area contributed by atoms with Gasteiger partial charge in [0, 0.05) is 17.8 Å². The predicted octanol–water partition coefficient (Wildman–Crippen LogP) is 2.39. The minimum Gasteiger partial charge on any atom is -0.477 e. The normalized spacial score (nSPS) is 30.9. The topological polar surface area (TPSA) is 123 Å². The molecule has 2 atom stereocenters. The van der Waals surface area contributed by atoms with Crippen molar-refractivity contribution in [1.29, 1.82) is 0 Å². The Bertz CT molecular complexity index is 1050. The van der Waals surface area contributed by atoms with Gasteiger partial charge in [-0.25, -0.2) is 17.8 Å². The molecule has 5 rings (SSSR count). The summed E-state index contributed by atoms with van der Waals surface area (Å²) in [6.45, 7) is 7.92. The standard InChI is InChI=1S/C24H38N4O5S/c1-15(2)14-33-22-19(13-25-28(22)7-6-23(3,4)27-34(5,31)32)21(29)26-20-17-8-16-9-18(20)12-24(30,10-16)11-17/h6-7,13,15-18,20,27,30H,8-12,14H2,1-5H3,(H,26,29). The highest BCUT2D eigenvalue weighted by Crippen LogP contribution is 2.55. The molecule has 34 heavy (non-hydrogen) atoms. The lowest BCUT2D eigenvalue weighted by Gasteiger charge is -2.58. The van der Waals surface area contributed by atoms with Crippen LogP contribution in [0.3, 0.4) is 0 Å². The minimum absolute atomic E-state index is 0.0547. The molecule has 0 radical (unpaired) electrons. The molecule has 9 nitrogen and oxygen atoms in total. The zero-order valence-corrected chi connectivity index (χ0v) is 21.6. The van der Waals surface area contributed by atoms with Crippen LogP contribution in [0.15, 0.2) is 12.3 Å². The van der Waals surface area contributed by atoms with Crippen molar-refractivity contribution in [3.8, 4) is 5.88 Å². The molecular weight excluding hydrogens is 456 g/mol. The van der Waals surface area contributed by atoms with Gasteiger partial charge in [0.1, 0.15) is 5.56 Å². The Morgan fingerprint density at radius 2 is 1.97 bits per heavy atom. The van der Waals surface area contributed by atoms with Crippen molar-refractivity contribution in [2.45, 2.75) is 77.0 Å². The van der Waals surface area contributed by atoms with E-state index in [0.717, 1.165) is 38.4 Å². The Hall–Kier alpha value is -1.91. The fourth-order valence-corrected chi connectivity index (χ4v) is 7.24. The van der Waals surface area contributed by atoms with Crippen LogP contribution in [0.25, 0.3) is 6.20 Å². The van der Waals surface area contributed by atoms with Gasteiger partial charge in [-0.15, -0.1) is 0 Å². The first kappa shape index (κ1) is 25.2. The third-order valence-corrected chi connectivity index (χ3v) is 8.06. The van der Waals surface area contributed by atoms with Crippen LogP contribution in [0.1, 0.15) is 70.2 Å². The van der Waals surface area contributed by atoms with Crippen molar-refractivity contribution < 1.29 is 23.1 Å². The molecule has 4 bridgehead atoms. The maximum Gasteiger partial charge on any atom is 0.258 e. The lowest BCUT2D eigenvalue weighted by molar-refractivity contribution is -0.136. The van der Waals surface area contributed by atoms with Gasteiger partial charge < -0.3 is 15.2 Å². The molecule has 2 unspecified atom stereocenters. The lowest BCUT2D eigenvalue weighted by Crippen LogP contribution is -2.61. The zero-order chi connectivity index (χ0) is 24.9. The van der Waals surface area contributed by atoms with E-state index in [9.17, 15) is 18.3 Å². The fraction of sp³-hybridized carbons (Fsp3) is 0.750. The molecule has 0 spiro atoms. The van der Waals surface area contributed by atoms with Gasteiger partial charge in [0.05, 0.1) is 24.7 Å². The van der Waals surface area contributed by atoms with Crippen LogP contribution in [-0.2, 0) is 10.0 Å². The van der Waals surface area contributed by atoms with E-state index in [1.54, 1.807) is 26.1 Å². The van der Waals surface area contributed by atoms with E-state index in [0.29, 0.717) is 35.8 Å². The van der Waals surface area contributed by atoms with Crippen LogP contribution in [0.4, 0.5) is 0 Å². The SMILES string of the molecule is CC(C)COc1c(C(=O)NC2C3CC4CC2CC(O)(C4)C3)cnn1C=CC(C)(C)NS(C)(=O)=O. The van der Waals surface area contributed by atoms with Gasteiger partial charge in [0.25, 0.3) is 5.91 Å². The van der Waals surface area contributed by atoms with Crippen molar-refractivity contribution in [2.24, 2.45) is 23.7 Å². The highest BCUT2D eigenvalue weighted by Gasteiger charge is 2.55. The Morgan fingerprint density at radius 3 is 2.53 bits per heavy atom. The van der Waals surface area contributed by atoms with Crippen LogP contribution in [0, 0.1) is 23.7 Å². The second kappa shape index (κ2) is 8.95. The molecule has 4 aliphatic carbocycles. The number of hydrogen-bond acceptors (Lipinski definition) is 6. The number of nitrogens with one attached hydrogen (secondary N) is 2. The van der Waals surface area contributed by atoms with Crippen LogP contribution < -0.4 is 14.8 Å². The van der Waals surface area contributed by atoms with Crippen molar-refractivity contribution >= 4 is 22.1 Å². The summed E-state index contributed by atoms with van der Waals surface area (Å²) in [4.78, 5) is 13.4. The summed E-state index contributed by atoms with van der Waals surface area (Å²) in [7, 11) is -3.40. The zero-order valence-electron chi connectivity index (χ0n) is 20.7. The molecule has 4 aliphatic rings. The quantitative estimate of drug-likeness (QED) is 0.484. The fourth-order valence-electron chi connectivity index (χ4n) is 6.22. The molecule has 4 fully saturated rings. The Balaban J connectivity index is 1.54. The number of carbonyl (C=O) groups excluding carboxylic acids is 1. The number of ether oxygens (including phenoxy) is 1. The average Bonchev–Trinajstić information content (AvgIpc) is 3.07. The van der Waals surface area contributed by atoms with Crippen molar-refractivity contribution in [3.05, 3.63) is 17.8 Å². The number of nitrogens with zero attached hydrogens (tertiary/aromatic N) is 2. The third kappa shape index (κ3) is 5.66. The summed E-state index contributed by atoms with van der Waals surface area (Å²) in [5.74, 6) is 1.53. The highest BCUT2D eigenvalue weighted by atomic mass is 32.2. The largest absolute Gasteiger partial charge is 0.477 e. The third-order valence-electron chi connectivity index (χ3n) is 7.17. The van der Waals surface area contributed by atoms with Gasteiger partial charge in [0.15, 0.2) is 0 Å². The van der Waals surface area contributed by atoms with Crippen molar-refractivity contribution in [3.63, 3.8) is 0 Å². The molecule has 4 saturated carbocycles. The van der Waals surface area contributed by atoms with Crippen LogP contribution in [0.2, 0.25) is 0 Å². The molecule has 0 saturated heterocycles. The molecule has 0 aromatic carbocycles. The first-order valence-electron chi connectivity index (χ1n) is 12.2. The maximum absolute atomic E-state index is 13.4. The van der Waals surface area contributed by atoms with E-state index in [1.165, 1.54) is 10.9 Å². The molecule has 3 N–H and O–H groups in total. The van der Waals surface area contributed by atoms with Gasteiger partial charge in [-0.05, 0) is 75.7 Å². The maximum atomic E-state index is 13.4. The molecular formula is C24H38N4O5S. The summed E-state index contributed by atoms with van der Waals surface area (Å²) in [6.07, 6.45) is 10.4. The first-order chi connectivity index (χ1) is 15.7. The van der Waals surface area contributed by atoms with Gasteiger partial charge in [-0.2, -0.15) is 5.10 Å². The molecule has 1 amide bonds. The van der Waals surface area contributed by atoms with Gasteiger partial charge in [0.2, 0.25) is 15.9 Å². The Kier molecular flexibility index (Phi) is 6.63. The van der Waals surface area contributed by atoms with Gasteiger partial charge in [-0.1, -0.05) is 13.8 Å². The average molecular weight is 495 g/mol. The van der Waals surface area contributed by atoms with Crippen LogP contribution >= 0.6 is 0 Å². The highest BCUT2D eigenvalue weighted by molar-refractivity contribution is 7.88. The number of carbonyl (C=O) groups is 1. The predicted molar refractivity (Wildman–Crippen MR) is 130 cm³/mol. The lowest BCUT2D eigenvalue weighted by atomic mass is 9.52. The molecule has 190 valence electrons. The number of hydrogen-bond donors (Lipinski definition) is 3. The number of sulfonamides is 1. The second-order valence-corrected chi connectivity index (χ2v) is 13.4. The van der Waals surface area contributed by atoms with Crippen LogP contribution in [-0.4, -0.2) is 59.3 Å². The summed E-state index contributed by atoms with van der Waals surface area (Å²) in [5.41, 5.74) is -1.05. The Labute approximate surface area is 202 Å². The van der Waals surface area contributed by atoms with Gasteiger partial charge >= 0.3 is 0 Å². The molecule has 10 heteroatoms. The monoisotopic (exact) mass is 494 g/mol. The second-order valence-electron chi connectivity index (χ2n) is 11.6. The van der Waals surface area contributed by atoms with Crippen molar-refractivity contribution in [2.75, 3.05) is 12.9 Å². The van der Waals surface area contributed by atoms with Crippen LogP contribution in [0.5, 0.6) is 5.88 Å². The number of aromatic nitrogens is 2. The van der Waals surface area contributed by atoms with E-state index in [-0.39, 0.29) is 17.9 Å². The first-order valence-corrected chi connectivity index (χ1v) is 14.0. The summed E-state index contributed by atoms with van der Waals surface area (Å²) < 4.78 is 33.3. The van der Waals surface area contributed by atoms with E-state index < -0.39 is 21.2 Å². The van der Waals surface area contributed by atoms with E-state index >= 15 is 0 Å². The van der Waals surface area contributed by atoms with E-state index in [2.05, 4.69) is 15.1 Å². The molecule has 0 aliphatic heterocycles. The number of aliphatic hydroxyl groups is 1. The van der Waals surface area contributed by atoms with E-state index in [1.807, 2.05) is 13.8 Å². The molecule has 1 heterocycles. The minimum atomic E-state index is -3.40. The summed E-state index contributed by atoms with van der Waals surface area (Å²) >= 11 is 0. The summed E-state index contributed by atoms with van der Waals surface area (Å²) in [6, 6.07) is 0.0547.